The number of aryl methyl sites for hydroxylation is 2. The van der Waals surface area contributed by atoms with Gasteiger partial charge in [0.2, 0.25) is 5.91 Å². The molecule has 1 aromatic carbocycles. The van der Waals surface area contributed by atoms with Crippen LogP contribution in [0.2, 0.25) is 0 Å². The van der Waals surface area contributed by atoms with Crippen molar-refractivity contribution in [1.82, 2.24) is 9.80 Å². The van der Waals surface area contributed by atoms with E-state index in [0.29, 0.717) is 13.0 Å². The molecule has 0 unspecified atom stereocenters. The highest BCUT2D eigenvalue weighted by atomic mass is 16.2. The average molecular weight is 275 g/mol. The molecule has 2 rings (SSSR count). The van der Waals surface area contributed by atoms with E-state index in [9.17, 15) is 4.79 Å². The third-order valence-electron chi connectivity index (χ3n) is 3.88. The zero-order valence-electron chi connectivity index (χ0n) is 12.3. The molecular weight excluding hydrogens is 250 g/mol. The van der Waals surface area contributed by atoms with Crippen molar-refractivity contribution in [2.45, 2.75) is 19.8 Å². The molecule has 0 atom stereocenters. The van der Waals surface area contributed by atoms with Crippen LogP contribution >= 0.6 is 0 Å². The van der Waals surface area contributed by atoms with E-state index in [4.69, 9.17) is 5.73 Å². The third-order valence-corrected chi connectivity index (χ3v) is 3.88. The Balaban J connectivity index is 1.76. The molecule has 0 saturated carbocycles. The van der Waals surface area contributed by atoms with Gasteiger partial charge in [-0.25, -0.2) is 0 Å². The van der Waals surface area contributed by atoms with Crippen LogP contribution in [-0.2, 0) is 11.2 Å². The van der Waals surface area contributed by atoms with Crippen LogP contribution in [0, 0.1) is 6.92 Å². The summed E-state index contributed by atoms with van der Waals surface area (Å²) in [5, 5.41) is 0. The monoisotopic (exact) mass is 275 g/mol. The number of piperazine rings is 1. The lowest BCUT2D eigenvalue weighted by molar-refractivity contribution is -0.132. The molecule has 0 spiro atoms. The molecule has 1 aliphatic heterocycles. The Hall–Kier alpha value is -1.39. The van der Waals surface area contributed by atoms with Crippen LogP contribution in [0.3, 0.4) is 0 Å². The van der Waals surface area contributed by atoms with Gasteiger partial charge in [0.25, 0.3) is 0 Å². The van der Waals surface area contributed by atoms with Crippen molar-refractivity contribution in [2.24, 2.45) is 5.73 Å². The molecule has 1 aliphatic rings. The van der Waals surface area contributed by atoms with E-state index in [1.807, 2.05) is 4.90 Å². The fourth-order valence-corrected chi connectivity index (χ4v) is 2.68. The zero-order chi connectivity index (χ0) is 14.4. The Labute approximate surface area is 121 Å². The first kappa shape index (κ1) is 15.0. The maximum Gasteiger partial charge on any atom is 0.222 e. The maximum atomic E-state index is 12.2. The normalized spacial score (nSPS) is 16.4. The smallest absolute Gasteiger partial charge is 0.222 e. The number of hydrogen-bond acceptors (Lipinski definition) is 3. The van der Waals surface area contributed by atoms with E-state index < -0.39 is 0 Å². The van der Waals surface area contributed by atoms with Crippen molar-refractivity contribution < 1.29 is 4.79 Å². The van der Waals surface area contributed by atoms with Crippen molar-refractivity contribution in [2.75, 3.05) is 39.3 Å². The predicted octanol–water partition coefficient (Wildman–Crippen LogP) is 1.03. The second-order valence-electron chi connectivity index (χ2n) is 5.50. The molecule has 1 aromatic rings. The number of hydrogen-bond donors (Lipinski definition) is 1. The molecule has 0 bridgehead atoms. The van der Waals surface area contributed by atoms with Crippen LogP contribution < -0.4 is 5.73 Å². The fraction of sp³-hybridized carbons (Fsp3) is 0.562. The first-order valence-electron chi connectivity index (χ1n) is 7.45. The first-order valence-corrected chi connectivity index (χ1v) is 7.45. The van der Waals surface area contributed by atoms with E-state index in [0.717, 1.165) is 39.1 Å². The molecule has 4 heteroatoms. The van der Waals surface area contributed by atoms with Gasteiger partial charge in [0, 0.05) is 45.7 Å². The second kappa shape index (κ2) is 7.41. The first-order chi connectivity index (χ1) is 9.69. The average Bonchev–Trinajstić information content (AvgIpc) is 2.46. The lowest BCUT2D eigenvalue weighted by Crippen LogP contribution is -2.49. The SMILES string of the molecule is Cc1cccc(CCC(=O)N2CCN(CCN)CC2)c1. The number of nitrogens with two attached hydrogens (primary N) is 1. The highest BCUT2D eigenvalue weighted by molar-refractivity contribution is 5.76. The van der Waals surface area contributed by atoms with Gasteiger partial charge < -0.3 is 10.6 Å². The Bertz CT molecular complexity index is 439. The van der Waals surface area contributed by atoms with Gasteiger partial charge >= 0.3 is 0 Å². The minimum absolute atomic E-state index is 0.277. The van der Waals surface area contributed by atoms with Crippen molar-refractivity contribution in [3.8, 4) is 0 Å². The maximum absolute atomic E-state index is 12.2. The Kier molecular flexibility index (Phi) is 5.56. The summed E-state index contributed by atoms with van der Waals surface area (Å²) in [4.78, 5) is 16.5. The summed E-state index contributed by atoms with van der Waals surface area (Å²) in [5.74, 6) is 0.277. The van der Waals surface area contributed by atoms with E-state index in [1.54, 1.807) is 0 Å². The molecule has 20 heavy (non-hydrogen) atoms. The largest absolute Gasteiger partial charge is 0.340 e. The topological polar surface area (TPSA) is 49.6 Å². The molecule has 1 heterocycles. The minimum atomic E-state index is 0.277. The number of benzene rings is 1. The second-order valence-corrected chi connectivity index (χ2v) is 5.50. The van der Waals surface area contributed by atoms with Crippen LogP contribution in [0.15, 0.2) is 24.3 Å². The summed E-state index contributed by atoms with van der Waals surface area (Å²) in [5.41, 5.74) is 8.06. The highest BCUT2D eigenvalue weighted by Crippen LogP contribution is 2.09. The quantitative estimate of drug-likeness (QED) is 0.873. The van der Waals surface area contributed by atoms with E-state index in [1.165, 1.54) is 11.1 Å². The zero-order valence-corrected chi connectivity index (χ0v) is 12.3. The Morgan fingerprint density at radius 3 is 2.65 bits per heavy atom. The van der Waals surface area contributed by atoms with Crippen molar-refractivity contribution in [3.05, 3.63) is 35.4 Å². The van der Waals surface area contributed by atoms with Crippen LogP contribution in [0.4, 0.5) is 0 Å². The van der Waals surface area contributed by atoms with Gasteiger partial charge in [-0.1, -0.05) is 29.8 Å². The van der Waals surface area contributed by atoms with Crippen molar-refractivity contribution >= 4 is 5.91 Å². The molecule has 0 aromatic heterocycles. The summed E-state index contributed by atoms with van der Waals surface area (Å²) >= 11 is 0. The summed E-state index contributed by atoms with van der Waals surface area (Å²) < 4.78 is 0. The number of carbonyl (C=O) groups excluding carboxylic acids is 1. The molecule has 1 saturated heterocycles. The van der Waals surface area contributed by atoms with Gasteiger partial charge in [0.15, 0.2) is 0 Å². The number of amides is 1. The summed E-state index contributed by atoms with van der Waals surface area (Å²) in [6.07, 6.45) is 1.45. The summed E-state index contributed by atoms with van der Waals surface area (Å²) in [6.45, 7) is 7.30. The van der Waals surface area contributed by atoms with Gasteiger partial charge in [-0.15, -0.1) is 0 Å². The number of nitrogens with zero attached hydrogens (tertiary/aromatic N) is 2. The van der Waals surface area contributed by atoms with Gasteiger partial charge in [-0.05, 0) is 18.9 Å². The van der Waals surface area contributed by atoms with Crippen molar-refractivity contribution in [3.63, 3.8) is 0 Å². The molecule has 110 valence electrons. The molecule has 1 amide bonds. The Morgan fingerprint density at radius 2 is 2.00 bits per heavy atom. The van der Waals surface area contributed by atoms with Crippen LogP contribution in [0.1, 0.15) is 17.5 Å². The Morgan fingerprint density at radius 1 is 1.25 bits per heavy atom. The summed E-state index contributed by atoms with van der Waals surface area (Å²) in [6, 6.07) is 8.40. The van der Waals surface area contributed by atoms with Crippen LogP contribution in [0.5, 0.6) is 0 Å². The van der Waals surface area contributed by atoms with E-state index in [2.05, 4.69) is 36.1 Å². The van der Waals surface area contributed by atoms with E-state index in [-0.39, 0.29) is 5.91 Å². The summed E-state index contributed by atoms with van der Waals surface area (Å²) in [7, 11) is 0. The van der Waals surface area contributed by atoms with Crippen LogP contribution in [0.25, 0.3) is 0 Å². The highest BCUT2D eigenvalue weighted by Gasteiger charge is 2.20. The molecule has 0 aliphatic carbocycles. The standard InChI is InChI=1S/C16H25N3O/c1-14-3-2-4-15(13-14)5-6-16(20)19-11-9-18(8-7-17)10-12-19/h2-4,13H,5-12,17H2,1H3. The molecule has 1 fully saturated rings. The molecule has 2 N–H and O–H groups in total. The number of rotatable bonds is 5. The van der Waals surface area contributed by atoms with Gasteiger partial charge in [-0.2, -0.15) is 0 Å². The third kappa shape index (κ3) is 4.32. The number of carbonyl (C=O) groups is 1. The fourth-order valence-electron chi connectivity index (χ4n) is 2.68. The lowest BCUT2D eigenvalue weighted by Gasteiger charge is -2.34. The lowest BCUT2D eigenvalue weighted by atomic mass is 10.1. The minimum Gasteiger partial charge on any atom is -0.340 e. The molecule has 4 nitrogen and oxygen atoms in total. The predicted molar refractivity (Wildman–Crippen MR) is 81.6 cm³/mol. The van der Waals surface area contributed by atoms with Gasteiger partial charge in [0.05, 0.1) is 0 Å². The molecule has 0 radical (unpaired) electrons. The van der Waals surface area contributed by atoms with Crippen molar-refractivity contribution in [1.29, 1.82) is 0 Å². The van der Waals surface area contributed by atoms with Gasteiger partial charge in [0.1, 0.15) is 0 Å². The van der Waals surface area contributed by atoms with Crippen LogP contribution in [-0.4, -0.2) is 55.0 Å². The molecular formula is C16H25N3O. The van der Waals surface area contributed by atoms with Gasteiger partial charge in [-0.3, -0.25) is 9.69 Å². The van der Waals surface area contributed by atoms with E-state index >= 15 is 0 Å².